The van der Waals surface area contributed by atoms with Gasteiger partial charge in [0.25, 0.3) is 5.78 Å². The summed E-state index contributed by atoms with van der Waals surface area (Å²) in [5, 5.41) is 11.6. The highest BCUT2D eigenvalue weighted by Gasteiger charge is 2.48. The van der Waals surface area contributed by atoms with Gasteiger partial charge >= 0.3 is 11.9 Å². The number of ether oxygens (including phenoxy) is 3. The van der Waals surface area contributed by atoms with Gasteiger partial charge in [-0.2, -0.15) is 0 Å². The Hall–Kier alpha value is -4.18. The first-order chi connectivity index (χ1) is 19.8. The van der Waals surface area contributed by atoms with Crippen molar-refractivity contribution in [3.8, 4) is 11.5 Å². The molecule has 1 unspecified atom stereocenters. The molecular formula is C31H34N2O7S. The molecule has 1 fully saturated rings. The predicted octanol–water partition coefficient (Wildman–Crippen LogP) is 6.22. The molecule has 1 amide bonds. The molecule has 2 heterocycles. The van der Waals surface area contributed by atoms with E-state index in [4.69, 9.17) is 14.2 Å². The van der Waals surface area contributed by atoms with E-state index >= 15 is 0 Å². The summed E-state index contributed by atoms with van der Waals surface area (Å²) in [7, 11) is 0. The molecule has 4 rings (SSSR count). The molecule has 3 aromatic rings. The van der Waals surface area contributed by atoms with E-state index in [0.717, 1.165) is 30.6 Å². The molecule has 41 heavy (non-hydrogen) atoms. The number of Topliss-reactive ketones (excluding diaryl/α,β-unsaturated/α-hetero) is 1. The zero-order valence-electron chi connectivity index (χ0n) is 23.6. The van der Waals surface area contributed by atoms with Gasteiger partial charge in [0.15, 0.2) is 5.13 Å². The van der Waals surface area contributed by atoms with Crippen LogP contribution in [0.25, 0.3) is 5.76 Å². The number of benzene rings is 2. The third kappa shape index (κ3) is 6.43. The number of aliphatic hydroxyl groups is 1. The molecule has 2 aromatic carbocycles. The highest BCUT2D eigenvalue weighted by molar-refractivity contribution is 7.17. The Balaban J connectivity index is 1.83. The largest absolute Gasteiger partial charge is 0.507 e. The fourth-order valence-electron chi connectivity index (χ4n) is 4.41. The predicted molar refractivity (Wildman–Crippen MR) is 157 cm³/mol. The summed E-state index contributed by atoms with van der Waals surface area (Å²) < 4.78 is 16.7. The van der Waals surface area contributed by atoms with Crippen LogP contribution in [0.3, 0.4) is 0 Å². The number of rotatable bonds is 12. The number of anilines is 1. The lowest BCUT2D eigenvalue weighted by Crippen LogP contribution is -2.29. The number of hydrogen-bond donors (Lipinski definition) is 1. The summed E-state index contributed by atoms with van der Waals surface area (Å²) in [6, 6.07) is 12.8. The Morgan fingerprint density at radius 2 is 1.73 bits per heavy atom. The zero-order valence-corrected chi connectivity index (χ0v) is 24.5. The highest BCUT2D eigenvalue weighted by Crippen LogP contribution is 2.44. The highest BCUT2D eigenvalue weighted by atomic mass is 32.1. The number of nitrogens with zero attached hydrogens (tertiary/aromatic N) is 2. The second kappa shape index (κ2) is 13.5. The summed E-state index contributed by atoms with van der Waals surface area (Å²) in [6.07, 6.45) is 2.69. The number of aryl methyl sites for hydroxylation is 1. The molecule has 1 atom stereocenters. The minimum absolute atomic E-state index is 0.0894. The van der Waals surface area contributed by atoms with Gasteiger partial charge in [0.1, 0.15) is 22.1 Å². The quantitative estimate of drug-likeness (QED) is 0.0885. The maximum absolute atomic E-state index is 13.6. The van der Waals surface area contributed by atoms with Crippen molar-refractivity contribution in [2.24, 2.45) is 0 Å². The third-order valence-electron chi connectivity index (χ3n) is 6.44. The first kappa shape index (κ1) is 29.8. The first-order valence-electron chi connectivity index (χ1n) is 13.7. The Morgan fingerprint density at radius 1 is 1.00 bits per heavy atom. The molecule has 1 saturated heterocycles. The van der Waals surface area contributed by atoms with Gasteiger partial charge in [-0.05, 0) is 68.7 Å². The number of aromatic nitrogens is 1. The van der Waals surface area contributed by atoms with Gasteiger partial charge in [-0.1, -0.05) is 43.7 Å². The summed E-state index contributed by atoms with van der Waals surface area (Å²) in [5.74, 6) is -1.40. The first-order valence-corrected chi connectivity index (χ1v) is 14.5. The maximum atomic E-state index is 13.6. The van der Waals surface area contributed by atoms with Gasteiger partial charge < -0.3 is 19.3 Å². The number of esters is 1. The number of thiazole rings is 1. The Kier molecular flexibility index (Phi) is 9.78. The lowest BCUT2D eigenvalue weighted by Gasteiger charge is -2.23. The van der Waals surface area contributed by atoms with Crippen LogP contribution in [-0.2, 0) is 14.3 Å². The third-order valence-corrected chi connectivity index (χ3v) is 7.57. The van der Waals surface area contributed by atoms with Gasteiger partial charge in [0.05, 0.1) is 37.1 Å². The Bertz CT molecular complexity index is 1440. The van der Waals surface area contributed by atoms with E-state index in [1.807, 2.05) is 6.92 Å². The van der Waals surface area contributed by atoms with E-state index in [1.165, 1.54) is 4.90 Å². The minimum atomic E-state index is -1.01. The van der Waals surface area contributed by atoms with Crippen LogP contribution in [0, 0.1) is 6.92 Å². The van der Waals surface area contributed by atoms with Crippen molar-refractivity contribution in [2.75, 3.05) is 24.7 Å². The SMILES string of the molecule is CCCCOc1cccc(C2C(=C(O)c3ccc(OCCC)cc3)C(=O)C(=O)N2c2nc(C)c(C(=O)OCC)s2)c1. The molecule has 0 aliphatic carbocycles. The van der Waals surface area contributed by atoms with Crippen LogP contribution >= 0.6 is 11.3 Å². The van der Waals surface area contributed by atoms with Crippen molar-refractivity contribution in [2.45, 2.75) is 53.0 Å². The molecule has 1 aromatic heterocycles. The number of ketones is 1. The molecule has 0 radical (unpaired) electrons. The fraction of sp³-hybridized carbons (Fsp3) is 0.355. The van der Waals surface area contributed by atoms with Crippen LogP contribution in [-0.4, -0.2) is 47.6 Å². The van der Waals surface area contributed by atoms with Gasteiger partial charge in [-0.15, -0.1) is 0 Å². The van der Waals surface area contributed by atoms with Crippen molar-refractivity contribution in [3.63, 3.8) is 0 Å². The number of unbranched alkanes of at least 4 members (excludes halogenated alkanes) is 1. The average molecular weight is 579 g/mol. The molecule has 0 bridgehead atoms. The lowest BCUT2D eigenvalue weighted by molar-refractivity contribution is -0.132. The summed E-state index contributed by atoms with van der Waals surface area (Å²) >= 11 is 0.964. The standard InChI is InChI=1S/C31H34N2O7S/c1-5-8-17-40-23-11-9-10-21(18-23)25-24(26(34)20-12-14-22(15-13-20)39-16-6-2)27(35)29(36)33(25)31-32-19(4)28(41-31)30(37)38-7-3/h9-15,18,25,34H,5-8,16-17H2,1-4H3. The van der Waals surface area contributed by atoms with Crippen LogP contribution in [0.5, 0.6) is 11.5 Å². The van der Waals surface area contributed by atoms with E-state index in [1.54, 1.807) is 62.4 Å². The molecule has 9 nitrogen and oxygen atoms in total. The minimum Gasteiger partial charge on any atom is -0.507 e. The van der Waals surface area contributed by atoms with E-state index in [0.29, 0.717) is 41.5 Å². The van der Waals surface area contributed by atoms with Crippen LogP contribution in [0.4, 0.5) is 5.13 Å². The van der Waals surface area contributed by atoms with E-state index in [9.17, 15) is 19.5 Å². The molecule has 10 heteroatoms. The lowest BCUT2D eigenvalue weighted by atomic mass is 9.95. The molecular weight excluding hydrogens is 544 g/mol. The van der Waals surface area contributed by atoms with Crippen LogP contribution in [0.1, 0.15) is 72.6 Å². The van der Waals surface area contributed by atoms with Crippen LogP contribution < -0.4 is 14.4 Å². The number of aliphatic hydroxyl groups excluding tert-OH is 1. The molecule has 0 saturated carbocycles. The molecule has 0 spiro atoms. The van der Waals surface area contributed by atoms with Crippen molar-refractivity contribution in [3.05, 3.63) is 75.8 Å². The van der Waals surface area contributed by atoms with Crippen molar-refractivity contribution in [1.82, 2.24) is 4.98 Å². The topological polar surface area (TPSA) is 115 Å². The molecule has 1 aliphatic heterocycles. The van der Waals surface area contributed by atoms with Gasteiger partial charge in [0.2, 0.25) is 0 Å². The van der Waals surface area contributed by atoms with Crippen molar-refractivity contribution >= 4 is 39.9 Å². The summed E-state index contributed by atoms with van der Waals surface area (Å²) in [4.78, 5) is 45.5. The van der Waals surface area contributed by atoms with Crippen molar-refractivity contribution in [1.29, 1.82) is 0 Å². The zero-order chi connectivity index (χ0) is 29.5. The normalized spacial score (nSPS) is 16.2. The smallest absolute Gasteiger partial charge is 0.350 e. The molecule has 1 aliphatic rings. The van der Waals surface area contributed by atoms with Gasteiger partial charge in [-0.25, -0.2) is 9.78 Å². The number of carbonyl (C=O) groups excluding carboxylic acids is 3. The van der Waals surface area contributed by atoms with Gasteiger partial charge in [-0.3, -0.25) is 14.5 Å². The molecule has 216 valence electrons. The second-order valence-electron chi connectivity index (χ2n) is 9.45. The van der Waals surface area contributed by atoms with E-state index in [-0.39, 0.29) is 27.9 Å². The number of hydrogen-bond acceptors (Lipinski definition) is 9. The fourth-order valence-corrected chi connectivity index (χ4v) is 5.40. The second-order valence-corrected chi connectivity index (χ2v) is 10.4. The average Bonchev–Trinajstić information content (AvgIpc) is 3.48. The molecule has 1 N–H and O–H groups in total. The van der Waals surface area contributed by atoms with Crippen LogP contribution in [0.15, 0.2) is 54.1 Å². The Morgan fingerprint density at radius 3 is 2.41 bits per heavy atom. The van der Waals surface area contributed by atoms with Crippen molar-refractivity contribution < 1.29 is 33.7 Å². The van der Waals surface area contributed by atoms with E-state index < -0.39 is 23.7 Å². The summed E-state index contributed by atoms with van der Waals surface area (Å²) in [5.41, 5.74) is 1.19. The van der Waals surface area contributed by atoms with E-state index in [2.05, 4.69) is 11.9 Å². The van der Waals surface area contributed by atoms with Crippen LogP contribution in [0.2, 0.25) is 0 Å². The Labute approximate surface area is 243 Å². The maximum Gasteiger partial charge on any atom is 0.350 e. The monoisotopic (exact) mass is 578 g/mol. The summed E-state index contributed by atoms with van der Waals surface area (Å²) in [6.45, 7) is 8.66. The number of amides is 1. The number of carbonyl (C=O) groups is 3. The van der Waals surface area contributed by atoms with Gasteiger partial charge in [0, 0.05) is 5.56 Å².